The van der Waals surface area contributed by atoms with Gasteiger partial charge in [0, 0.05) is 18.9 Å². The summed E-state index contributed by atoms with van der Waals surface area (Å²) in [6.07, 6.45) is 0.922. The number of hydrogen-bond donors (Lipinski definition) is 2. The number of rotatable bonds is 1. The molecule has 1 atom stereocenters. The SMILES string of the molecule is Cn1nc(N)c2ccc(C3CCC(=O)NC3=O)cc21. The van der Waals surface area contributed by atoms with Crippen LogP contribution in [-0.2, 0) is 16.6 Å². The molecule has 6 nitrogen and oxygen atoms in total. The van der Waals surface area contributed by atoms with Gasteiger partial charge in [-0.1, -0.05) is 6.07 Å². The van der Waals surface area contributed by atoms with Gasteiger partial charge in [-0.3, -0.25) is 19.6 Å². The molecule has 1 aromatic carbocycles. The quantitative estimate of drug-likeness (QED) is 0.736. The third-order valence-corrected chi connectivity index (χ3v) is 3.55. The second kappa shape index (κ2) is 4.08. The lowest BCUT2D eigenvalue weighted by atomic mass is 9.90. The molecule has 2 amide bonds. The Morgan fingerprint density at radius 1 is 1.42 bits per heavy atom. The third kappa shape index (κ3) is 1.85. The number of hydrogen-bond acceptors (Lipinski definition) is 4. The largest absolute Gasteiger partial charge is 0.382 e. The van der Waals surface area contributed by atoms with Crippen molar-refractivity contribution < 1.29 is 9.59 Å². The highest BCUT2D eigenvalue weighted by Crippen LogP contribution is 2.29. The number of benzene rings is 1. The molecule has 19 heavy (non-hydrogen) atoms. The van der Waals surface area contributed by atoms with Gasteiger partial charge in [0.25, 0.3) is 0 Å². The number of nitrogens with two attached hydrogens (primary N) is 1. The molecule has 2 heterocycles. The van der Waals surface area contributed by atoms with Gasteiger partial charge in [-0.15, -0.1) is 0 Å². The number of fused-ring (bicyclic) bond motifs is 1. The van der Waals surface area contributed by atoms with Crippen LogP contribution in [0.3, 0.4) is 0 Å². The monoisotopic (exact) mass is 258 g/mol. The summed E-state index contributed by atoms with van der Waals surface area (Å²) >= 11 is 0. The Bertz CT molecular complexity index is 689. The van der Waals surface area contributed by atoms with Crippen LogP contribution in [0.25, 0.3) is 10.9 Å². The van der Waals surface area contributed by atoms with E-state index in [2.05, 4.69) is 10.4 Å². The maximum absolute atomic E-state index is 11.9. The van der Waals surface area contributed by atoms with Crippen molar-refractivity contribution in [1.82, 2.24) is 15.1 Å². The van der Waals surface area contributed by atoms with Crippen LogP contribution in [0.4, 0.5) is 5.82 Å². The first-order valence-electron chi connectivity index (χ1n) is 6.12. The van der Waals surface area contributed by atoms with Crippen molar-refractivity contribution >= 4 is 28.5 Å². The number of nitrogen functional groups attached to an aromatic ring is 1. The van der Waals surface area contributed by atoms with E-state index in [4.69, 9.17) is 5.73 Å². The Balaban J connectivity index is 2.04. The Hall–Kier alpha value is -2.37. The maximum Gasteiger partial charge on any atom is 0.234 e. The summed E-state index contributed by atoms with van der Waals surface area (Å²) in [7, 11) is 1.81. The molecule has 0 bridgehead atoms. The lowest BCUT2D eigenvalue weighted by Gasteiger charge is -2.21. The normalized spacial score (nSPS) is 19.7. The highest BCUT2D eigenvalue weighted by Gasteiger charge is 2.28. The van der Waals surface area contributed by atoms with Crippen LogP contribution in [0, 0.1) is 0 Å². The molecule has 1 fully saturated rings. The zero-order valence-corrected chi connectivity index (χ0v) is 10.5. The molecule has 0 saturated carbocycles. The summed E-state index contributed by atoms with van der Waals surface area (Å²) < 4.78 is 1.69. The molecule has 1 unspecified atom stereocenters. The number of nitrogens with zero attached hydrogens (tertiary/aromatic N) is 2. The van der Waals surface area contributed by atoms with Gasteiger partial charge < -0.3 is 5.73 Å². The van der Waals surface area contributed by atoms with Gasteiger partial charge in [0.05, 0.1) is 11.4 Å². The van der Waals surface area contributed by atoms with Crippen LogP contribution in [0.5, 0.6) is 0 Å². The Morgan fingerprint density at radius 3 is 2.95 bits per heavy atom. The first-order valence-corrected chi connectivity index (χ1v) is 6.12. The molecule has 1 saturated heterocycles. The fraction of sp³-hybridized carbons (Fsp3) is 0.308. The smallest absolute Gasteiger partial charge is 0.234 e. The summed E-state index contributed by atoms with van der Waals surface area (Å²) in [5.74, 6) is -0.233. The van der Waals surface area contributed by atoms with E-state index in [-0.39, 0.29) is 17.7 Å². The minimum absolute atomic E-state index is 0.202. The Morgan fingerprint density at radius 2 is 2.21 bits per heavy atom. The first kappa shape index (κ1) is 11.7. The topological polar surface area (TPSA) is 90.0 Å². The number of piperidine rings is 1. The van der Waals surface area contributed by atoms with Crippen molar-refractivity contribution in [2.75, 3.05) is 5.73 Å². The molecule has 3 rings (SSSR count). The summed E-state index contributed by atoms with van der Waals surface area (Å²) in [6, 6.07) is 5.66. The average Bonchev–Trinajstić information content (AvgIpc) is 2.65. The standard InChI is InChI=1S/C13H14N4O2/c1-17-10-6-7(2-3-9(10)12(14)16-17)8-4-5-11(18)15-13(8)19/h2-3,6,8H,4-5H2,1H3,(H2,14,16)(H,15,18,19). The average molecular weight is 258 g/mol. The highest BCUT2D eigenvalue weighted by atomic mass is 16.2. The molecular weight excluding hydrogens is 244 g/mol. The van der Waals surface area contributed by atoms with Gasteiger partial charge in [-0.25, -0.2) is 0 Å². The minimum atomic E-state index is -0.279. The number of anilines is 1. The van der Waals surface area contributed by atoms with Gasteiger partial charge in [0.15, 0.2) is 5.82 Å². The van der Waals surface area contributed by atoms with E-state index in [1.807, 2.05) is 25.2 Å². The molecule has 2 aromatic rings. The summed E-state index contributed by atoms with van der Waals surface area (Å²) in [6.45, 7) is 0. The lowest BCUT2D eigenvalue weighted by Crippen LogP contribution is -2.39. The van der Waals surface area contributed by atoms with E-state index in [0.29, 0.717) is 18.7 Å². The fourth-order valence-electron chi connectivity index (χ4n) is 2.53. The predicted octanol–water partition coefficient (Wildman–Crippen LogP) is 0.676. The highest BCUT2D eigenvalue weighted by molar-refractivity contribution is 6.01. The van der Waals surface area contributed by atoms with Gasteiger partial charge in [-0.05, 0) is 24.1 Å². The zero-order valence-electron chi connectivity index (χ0n) is 10.5. The number of carbonyl (C=O) groups excluding carboxylic acids is 2. The molecule has 6 heteroatoms. The Kier molecular flexibility index (Phi) is 2.51. The second-order valence-electron chi connectivity index (χ2n) is 4.79. The number of carbonyl (C=O) groups is 2. The van der Waals surface area contributed by atoms with Gasteiger partial charge >= 0.3 is 0 Å². The molecule has 1 aliphatic rings. The van der Waals surface area contributed by atoms with Crippen molar-refractivity contribution in [2.45, 2.75) is 18.8 Å². The number of imide groups is 1. The second-order valence-corrected chi connectivity index (χ2v) is 4.79. The van der Waals surface area contributed by atoms with E-state index >= 15 is 0 Å². The predicted molar refractivity (Wildman–Crippen MR) is 70.3 cm³/mol. The zero-order chi connectivity index (χ0) is 13.6. The molecule has 1 aliphatic heterocycles. The number of aromatic nitrogens is 2. The van der Waals surface area contributed by atoms with Crippen LogP contribution < -0.4 is 11.1 Å². The first-order chi connectivity index (χ1) is 9.06. The van der Waals surface area contributed by atoms with Gasteiger partial charge in [-0.2, -0.15) is 5.10 Å². The minimum Gasteiger partial charge on any atom is -0.382 e. The molecule has 0 aliphatic carbocycles. The molecule has 0 spiro atoms. The molecule has 3 N–H and O–H groups in total. The van der Waals surface area contributed by atoms with Crippen molar-refractivity contribution in [3.8, 4) is 0 Å². The van der Waals surface area contributed by atoms with Crippen LogP contribution >= 0.6 is 0 Å². The van der Waals surface area contributed by atoms with Crippen molar-refractivity contribution in [2.24, 2.45) is 7.05 Å². The van der Waals surface area contributed by atoms with Crippen LogP contribution in [0.2, 0.25) is 0 Å². The summed E-state index contributed by atoms with van der Waals surface area (Å²) in [4.78, 5) is 23.0. The Labute approximate surface area is 109 Å². The lowest BCUT2D eigenvalue weighted by molar-refractivity contribution is -0.134. The van der Waals surface area contributed by atoms with Crippen LogP contribution in [0.15, 0.2) is 18.2 Å². The van der Waals surface area contributed by atoms with Crippen molar-refractivity contribution in [1.29, 1.82) is 0 Å². The fourth-order valence-corrected chi connectivity index (χ4v) is 2.53. The van der Waals surface area contributed by atoms with E-state index in [1.165, 1.54) is 0 Å². The van der Waals surface area contributed by atoms with Gasteiger partial charge in [0.2, 0.25) is 11.8 Å². The van der Waals surface area contributed by atoms with E-state index in [0.717, 1.165) is 16.5 Å². The number of amides is 2. The van der Waals surface area contributed by atoms with E-state index < -0.39 is 0 Å². The maximum atomic E-state index is 11.9. The molecule has 98 valence electrons. The summed E-state index contributed by atoms with van der Waals surface area (Å²) in [5.41, 5.74) is 7.57. The molecule has 0 radical (unpaired) electrons. The van der Waals surface area contributed by atoms with Gasteiger partial charge in [0.1, 0.15) is 0 Å². The number of nitrogens with one attached hydrogen (secondary N) is 1. The molecular formula is C13H14N4O2. The number of aryl methyl sites for hydroxylation is 1. The van der Waals surface area contributed by atoms with E-state index in [9.17, 15) is 9.59 Å². The van der Waals surface area contributed by atoms with Crippen LogP contribution in [-0.4, -0.2) is 21.6 Å². The van der Waals surface area contributed by atoms with E-state index in [1.54, 1.807) is 4.68 Å². The van der Waals surface area contributed by atoms with Crippen molar-refractivity contribution in [3.05, 3.63) is 23.8 Å². The third-order valence-electron chi connectivity index (χ3n) is 3.55. The van der Waals surface area contributed by atoms with Crippen LogP contribution in [0.1, 0.15) is 24.3 Å². The molecule has 1 aromatic heterocycles. The van der Waals surface area contributed by atoms with Crippen molar-refractivity contribution in [3.63, 3.8) is 0 Å². The summed E-state index contributed by atoms with van der Waals surface area (Å²) in [5, 5.41) is 7.39.